The normalized spacial score (nSPS) is 11.2. The van der Waals surface area contributed by atoms with Gasteiger partial charge in [-0.25, -0.2) is 4.98 Å². The Hall–Kier alpha value is -1.35. The molecule has 0 aliphatic carbocycles. The summed E-state index contributed by atoms with van der Waals surface area (Å²) in [6.07, 6.45) is 1.93. The summed E-state index contributed by atoms with van der Waals surface area (Å²) >= 11 is 0. The number of likely N-dealkylation sites (N-methyl/N-ethyl adjacent to an activating group) is 1. The Labute approximate surface area is 124 Å². The average molecular weight is 275 g/mol. The van der Waals surface area contributed by atoms with Crippen molar-refractivity contribution in [3.8, 4) is 0 Å². The van der Waals surface area contributed by atoms with Gasteiger partial charge in [-0.05, 0) is 30.5 Å². The van der Waals surface area contributed by atoms with Gasteiger partial charge in [0, 0.05) is 31.4 Å². The molecule has 112 valence electrons. The molecule has 0 saturated carbocycles. The first-order valence-electron chi connectivity index (χ1n) is 7.58. The van der Waals surface area contributed by atoms with Gasteiger partial charge in [0.1, 0.15) is 5.82 Å². The summed E-state index contributed by atoms with van der Waals surface area (Å²) in [5.41, 5.74) is 2.46. The largest absolute Gasteiger partial charge is 0.353 e. The Bertz CT molecular complexity index is 424. The minimum atomic E-state index is 0.440. The van der Waals surface area contributed by atoms with Crippen molar-refractivity contribution < 1.29 is 0 Å². The average Bonchev–Trinajstić information content (AvgIpc) is 2.42. The zero-order chi connectivity index (χ0) is 15.1. The van der Waals surface area contributed by atoms with E-state index in [1.807, 2.05) is 6.08 Å². The Balaban J connectivity index is 3.05. The molecule has 1 rings (SSSR count). The van der Waals surface area contributed by atoms with Crippen LogP contribution in [0.3, 0.4) is 0 Å². The molecule has 0 atom stereocenters. The van der Waals surface area contributed by atoms with Crippen molar-refractivity contribution in [2.45, 2.75) is 53.1 Å². The van der Waals surface area contributed by atoms with Crippen molar-refractivity contribution in [3.63, 3.8) is 0 Å². The van der Waals surface area contributed by atoms with E-state index < -0.39 is 0 Å². The highest BCUT2D eigenvalue weighted by Gasteiger charge is 2.10. The molecule has 1 heterocycles. The molecular weight excluding hydrogens is 246 g/mol. The first-order chi connectivity index (χ1) is 9.47. The van der Waals surface area contributed by atoms with E-state index in [0.717, 1.165) is 31.1 Å². The van der Waals surface area contributed by atoms with Crippen molar-refractivity contribution in [2.24, 2.45) is 0 Å². The van der Waals surface area contributed by atoms with Gasteiger partial charge >= 0.3 is 0 Å². The third-order valence-corrected chi connectivity index (χ3v) is 3.25. The van der Waals surface area contributed by atoms with Crippen molar-refractivity contribution in [3.05, 3.63) is 36.0 Å². The summed E-state index contributed by atoms with van der Waals surface area (Å²) in [7, 11) is 0. The Morgan fingerprint density at radius 1 is 1.30 bits per heavy atom. The number of hydrogen-bond donors (Lipinski definition) is 1. The number of aromatic nitrogens is 1. The molecule has 0 aromatic carbocycles. The fourth-order valence-corrected chi connectivity index (χ4v) is 2.02. The molecule has 0 spiro atoms. The summed E-state index contributed by atoms with van der Waals surface area (Å²) in [6, 6.07) is 4.89. The third-order valence-electron chi connectivity index (χ3n) is 3.25. The monoisotopic (exact) mass is 275 g/mol. The first-order valence-corrected chi connectivity index (χ1v) is 7.58. The summed E-state index contributed by atoms with van der Waals surface area (Å²) < 4.78 is 0. The summed E-state index contributed by atoms with van der Waals surface area (Å²) in [6.45, 7) is 17.4. The lowest BCUT2D eigenvalue weighted by Crippen LogP contribution is -2.25. The molecule has 0 aliphatic heterocycles. The maximum absolute atomic E-state index is 4.80. The number of pyridine rings is 1. The predicted molar refractivity (Wildman–Crippen MR) is 88.4 cm³/mol. The molecule has 3 heteroatoms. The molecule has 0 aliphatic rings. The second-order valence-electron chi connectivity index (χ2n) is 5.78. The molecule has 1 aromatic heterocycles. The number of rotatable bonds is 8. The van der Waals surface area contributed by atoms with Crippen LogP contribution in [-0.2, 0) is 6.54 Å². The molecule has 0 amide bonds. The highest BCUT2D eigenvalue weighted by molar-refractivity contribution is 5.44. The van der Waals surface area contributed by atoms with Crippen molar-refractivity contribution in [1.29, 1.82) is 0 Å². The fraction of sp³-hybridized carbons (Fsp3) is 0.588. The highest BCUT2D eigenvalue weighted by Crippen LogP contribution is 2.20. The van der Waals surface area contributed by atoms with Crippen LogP contribution in [-0.4, -0.2) is 24.1 Å². The maximum Gasteiger partial charge on any atom is 0.129 e. The smallest absolute Gasteiger partial charge is 0.129 e. The fourth-order valence-electron chi connectivity index (χ4n) is 2.02. The lowest BCUT2D eigenvalue weighted by Gasteiger charge is -2.22. The lowest BCUT2D eigenvalue weighted by atomic mass is 10.1. The van der Waals surface area contributed by atoms with Crippen LogP contribution in [0.5, 0.6) is 0 Å². The van der Waals surface area contributed by atoms with Crippen LogP contribution in [0.25, 0.3) is 0 Å². The molecule has 0 saturated heterocycles. The number of nitrogens with one attached hydrogen (secondary N) is 1. The molecule has 20 heavy (non-hydrogen) atoms. The van der Waals surface area contributed by atoms with E-state index in [4.69, 9.17) is 4.98 Å². The van der Waals surface area contributed by atoms with E-state index in [2.05, 4.69) is 63.5 Å². The van der Waals surface area contributed by atoms with Gasteiger partial charge in [0.05, 0.1) is 0 Å². The van der Waals surface area contributed by atoms with Gasteiger partial charge in [-0.1, -0.05) is 33.8 Å². The van der Waals surface area contributed by atoms with Gasteiger partial charge in [-0.15, -0.1) is 6.58 Å². The molecule has 1 aromatic rings. The molecule has 0 radical (unpaired) electrons. The topological polar surface area (TPSA) is 28.2 Å². The maximum atomic E-state index is 4.80. The minimum absolute atomic E-state index is 0.440. The second-order valence-corrected chi connectivity index (χ2v) is 5.78. The molecule has 3 nitrogen and oxygen atoms in total. The zero-order valence-corrected chi connectivity index (χ0v) is 13.6. The zero-order valence-electron chi connectivity index (χ0n) is 13.6. The van der Waals surface area contributed by atoms with Crippen LogP contribution in [0.15, 0.2) is 24.8 Å². The summed E-state index contributed by atoms with van der Waals surface area (Å²) in [4.78, 5) is 7.05. The van der Waals surface area contributed by atoms with Crippen molar-refractivity contribution >= 4 is 5.82 Å². The molecule has 0 fully saturated rings. The van der Waals surface area contributed by atoms with Crippen LogP contribution in [0, 0.1) is 0 Å². The van der Waals surface area contributed by atoms with E-state index in [0.29, 0.717) is 12.0 Å². The van der Waals surface area contributed by atoms with E-state index in [9.17, 15) is 0 Å². The Morgan fingerprint density at radius 3 is 2.50 bits per heavy atom. The Kier molecular flexibility index (Phi) is 6.73. The van der Waals surface area contributed by atoms with Gasteiger partial charge in [0.15, 0.2) is 0 Å². The number of anilines is 1. The van der Waals surface area contributed by atoms with E-state index in [1.165, 1.54) is 5.56 Å². The molecule has 1 N–H and O–H groups in total. The lowest BCUT2D eigenvalue weighted by molar-refractivity contribution is 0.587. The molecule has 0 unspecified atom stereocenters. The van der Waals surface area contributed by atoms with Gasteiger partial charge < -0.3 is 10.2 Å². The Morgan fingerprint density at radius 2 is 2.00 bits per heavy atom. The quantitative estimate of drug-likeness (QED) is 0.733. The molecule has 0 bridgehead atoms. The highest BCUT2D eigenvalue weighted by atomic mass is 15.2. The minimum Gasteiger partial charge on any atom is -0.353 e. The van der Waals surface area contributed by atoms with Crippen LogP contribution in [0.4, 0.5) is 5.82 Å². The van der Waals surface area contributed by atoms with Crippen LogP contribution >= 0.6 is 0 Å². The van der Waals surface area contributed by atoms with Crippen molar-refractivity contribution in [1.82, 2.24) is 10.3 Å². The van der Waals surface area contributed by atoms with Gasteiger partial charge in [0.2, 0.25) is 0 Å². The first kappa shape index (κ1) is 16.7. The third kappa shape index (κ3) is 4.97. The van der Waals surface area contributed by atoms with Crippen molar-refractivity contribution in [2.75, 3.05) is 18.0 Å². The molecular formula is C17H29N3. The van der Waals surface area contributed by atoms with Crippen LogP contribution in [0.2, 0.25) is 0 Å². The standard InChI is InChI=1S/C17H29N3/c1-7-9-20(8-2)17-11-15(12-18-14(5)6)10-16(19-17)13(3)4/h7,10-11,13-14,18H,1,8-9,12H2,2-6H3. The SMILES string of the molecule is C=CCN(CC)c1cc(CNC(C)C)cc(C(C)C)n1. The van der Waals surface area contributed by atoms with E-state index in [-0.39, 0.29) is 0 Å². The van der Waals surface area contributed by atoms with Crippen LogP contribution in [0.1, 0.15) is 51.8 Å². The van der Waals surface area contributed by atoms with Gasteiger partial charge in [0.25, 0.3) is 0 Å². The van der Waals surface area contributed by atoms with Crippen LogP contribution < -0.4 is 10.2 Å². The summed E-state index contributed by atoms with van der Waals surface area (Å²) in [5.74, 6) is 1.49. The number of hydrogen-bond acceptors (Lipinski definition) is 3. The number of nitrogens with zero attached hydrogens (tertiary/aromatic N) is 2. The van der Waals surface area contributed by atoms with Gasteiger partial charge in [-0.3, -0.25) is 0 Å². The predicted octanol–water partition coefficient (Wildman–Crippen LogP) is 3.72. The second kappa shape index (κ2) is 8.05. The van der Waals surface area contributed by atoms with E-state index >= 15 is 0 Å². The summed E-state index contributed by atoms with van der Waals surface area (Å²) in [5, 5.41) is 3.48. The van der Waals surface area contributed by atoms with Gasteiger partial charge in [-0.2, -0.15) is 0 Å². The van der Waals surface area contributed by atoms with E-state index in [1.54, 1.807) is 0 Å².